The van der Waals surface area contributed by atoms with Gasteiger partial charge in [0.1, 0.15) is 0 Å². The van der Waals surface area contributed by atoms with Crippen molar-refractivity contribution in [1.29, 1.82) is 0 Å². The molecule has 5 heteroatoms. The molecule has 0 spiro atoms. The van der Waals surface area contributed by atoms with Crippen molar-refractivity contribution in [3.63, 3.8) is 0 Å². The smallest absolute Gasteiger partial charge is 0.228 e. The van der Waals surface area contributed by atoms with Gasteiger partial charge in [-0.1, -0.05) is 65.3 Å². The van der Waals surface area contributed by atoms with E-state index in [1.165, 1.54) is 5.56 Å². The molecule has 1 heterocycles. The van der Waals surface area contributed by atoms with Gasteiger partial charge in [0.25, 0.3) is 0 Å². The maximum Gasteiger partial charge on any atom is 0.228 e. The molecular weight excluding hydrogens is 346 g/mol. The molecule has 3 rings (SSSR count). The van der Waals surface area contributed by atoms with E-state index in [1.807, 2.05) is 36.4 Å². The van der Waals surface area contributed by atoms with Crippen LogP contribution in [0.3, 0.4) is 0 Å². The number of halogens is 1. The van der Waals surface area contributed by atoms with Gasteiger partial charge < -0.3 is 4.52 Å². The Bertz CT molecular complexity index is 832. The summed E-state index contributed by atoms with van der Waals surface area (Å²) in [5.74, 6) is 1.20. The van der Waals surface area contributed by atoms with Gasteiger partial charge in [0.05, 0.1) is 0 Å². The van der Waals surface area contributed by atoms with Gasteiger partial charge in [-0.3, -0.25) is 4.90 Å². The largest absolute Gasteiger partial charge is 0.339 e. The maximum absolute atomic E-state index is 6.02. The lowest BCUT2D eigenvalue weighted by molar-refractivity contribution is 0.289. The minimum atomic E-state index is 0.571. The zero-order valence-corrected chi connectivity index (χ0v) is 15.4. The second kappa shape index (κ2) is 9.32. The van der Waals surface area contributed by atoms with Crippen molar-refractivity contribution in [1.82, 2.24) is 15.0 Å². The van der Waals surface area contributed by atoms with Crippen LogP contribution in [-0.2, 0) is 12.8 Å². The fourth-order valence-corrected chi connectivity index (χ4v) is 2.95. The highest BCUT2D eigenvalue weighted by atomic mass is 35.5. The van der Waals surface area contributed by atoms with Crippen LogP contribution in [0.4, 0.5) is 0 Å². The van der Waals surface area contributed by atoms with Gasteiger partial charge in [0.15, 0.2) is 0 Å². The van der Waals surface area contributed by atoms with Gasteiger partial charge in [-0.15, -0.1) is 6.58 Å². The van der Waals surface area contributed by atoms with Gasteiger partial charge in [0.2, 0.25) is 11.7 Å². The number of rotatable bonds is 9. The van der Waals surface area contributed by atoms with Crippen LogP contribution in [-0.4, -0.2) is 34.7 Å². The first-order chi connectivity index (χ1) is 12.7. The van der Waals surface area contributed by atoms with Gasteiger partial charge >= 0.3 is 0 Å². The molecule has 0 unspecified atom stereocenters. The molecule has 0 bridgehead atoms. The molecule has 0 fully saturated rings. The second-order valence-corrected chi connectivity index (χ2v) is 6.53. The highest BCUT2D eigenvalue weighted by Gasteiger charge is 2.11. The third kappa shape index (κ3) is 5.28. The van der Waals surface area contributed by atoms with E-state index in [2.05, 4.69) is 45.9 Å². The van der Waals surface area contributed by atoms with Gasteiger partial charge in [-0.2, -0.15) is 4.98 Å². The van der Waals surface area contributed by atoms with Crippen molar-refractivity contribution >= 4 is 11.6 Å². The first kappa shape index (κ1) is 18.4. The molecule has 0 aliphatic heterocycles. The molecule has 0 saturated carbocycles. The Morgan fingerprint density at radius 3 is 2.62 bits per heavy atom. The van der Waals surface area contributed by atoms with E-state index in [0.29, 0.717) is 23.2 Å². The molecule has 3 aromatic rings. The standard InChI is InChI=1S/C21H22ClN3O/c1-2-13-25(14-11-17-7-4-3-5-8-17)15-12-20-23-21(24-26-20)18-9-6-10-19(22)16-18/h2-10,16H,1,11-15H2. The third-order valence-corrected chi connectivity index (χ3v) is 4.37. The Morgan fingerprint density at radius 1 is 1.04 bits per heavy atom. The number of nitrogens with zero attached hydrogens (tertiary/aromatic N) is 3. The van der Waals surface area contributed by atoms with Gasteiger partial charge in [-0.05, 0) is 24.1 Å². The van der Waals surface area contributed by atoms with Crippen molar-refractivity contribution in [2.45, 2.75) is 12.8 Å². The van der Waals surface area contributed by atoms with Crippen LogP contribution in [0.2, 0.25) is 5.02 Å². The molecule has 0 saturated heterocycles. The van der Waals surface area contributed by atoms with Crippen LogP contribution >= 0.6 is 11.6 Å². The predicted molar refractivity (Wildman–Crippen MR) is 105 cm³/mol. The van der Waals surface area contributed by atoms with Crippen molar-refractivity contribution < 1.29 is 4.52 Å². The quantitative estimate of drug-likeness (QED) is 0.516. The van der Waals surface area contributed by atoms with E-state index in [4.69, 9.17) is 16.1 Å². The summed E-state index contributed by atoms with van der Waals surface area (Å²) in [4.78, 5) is 6.82. The highest BCUT2D eigenvalue weighted by Crippen LogP contribution is 2.20. The van der Waals surface area contributed by atoms with E-state index in [1.54, 1.807) is 0 Å². The fraction of sp³-hybridized carbons (Fsp3) is 0.238. The first-order valence-electron chi connectivity index (χ1n) is 8.70. The van der Waals surface area contributed by atoms with Gasteiger partial charge in [0, 0.05) is 36.6 Å². The van der Waals surface area contributed by atoms with E-state index in [-0.39, 0.29) is 0 Å². The number of hydrogen-bond acceptors (Lipinski definition) is 4. The molecule has 0 amide bonds. The van der Waals surface area contributed by atoms with E-state index >= 15 is 0 Å². The molecule has 26 heavy (non-hydrogen) atoms. The monoisotopic (exact) mass is 367 g/mol. The Hall–Kier alpha value is -2.43. The summed E-state index contributed by atoms with van der Waals surface area (Å²) in [6.45, 7) is 6.50. The molecule has 0 atom stereocenters. The normalized spacial score (nSPS) is 11.0. The summed E-state index contributed by atoms with van der Waals surface area (Å²) < 4.78 is 5.39. The molecule has 0 N–H and O–H groups in total. The Kier molecular flexibility index (Phi) is 6.58. The highest BCUT2D eigenvalue weighted by molar-refractivity contribution is 6.30. The topological polar surface area (TPSA) is 42.2 Å². The minimum Gasteiger partial charge on any atom is -0.339 e. The predicted octanol–water partition coefficient (Wildman–Crippen LogP) is 4.66. The lowest BCUT2D eigenvalue weighted by Gasteiger charge is -2.19. The van der Waals surface area contributed by atoms with Crippen molar-refractivity contribution in [2.75, 3.05) is 19.6 Å². The molecule has 2 aromatic carbocycles. The average molecular weight is 368 g/mol. The second-order valence-electron chi connectivity index (χ2n) is 6.10. The molecule has 0 aliphatic carbocycles. The number of hydrogen-bond donors (Lipinski definition) is 0. The maximum atomic E-state index is 6.02. The number of aromatic nitrogens is 2. The molecule has 134 valence electrons. The zero-order chi connectivity index (χ0) is 18.2. The minimum absolute atomic E-state index is 0.571. The molecular formula is C21H22ClN3O. The summed E-state index contributed by atoms with van der Waals surface area (Å²) in [6.07, 6.45) is 3.64. The van der Waals surface area contributed by atoms with Crippen molar-refractivity contribution in [3.8, 4) is 11.4 Å². The molecule has 1 aromatic heterocycles. The van der Waals surface area contributed by atoms with Crippen LogP contribution in [0.5, 0.6) is 0 Å². The summed E-state index contributed by atoms with van der Waals surface area (Å²) in [6, 6.07) is 18.0. The summed E-state index contributed by atoms with van der Waals surface area (Å²) in [7, 11) is 0. The van der Waals surface area contributed by atoms with Crippen LogP contribution in [0.15, 0.2) is 71.8 Å². The average Bonchev–Trinajstić information content (AvgIpc) is 3.14. The van der Waals surface area contributed by atoms with E-state index < -0.39 is 0 Å². The van der Waals surface area contributed by atoms with Crippen LogP contribution in [0.25, 0.3) is 11.4 Å². The lowest BCUT2D eigenvalue weighted by Crippen LogP contribution is -2.28. The SMILES string of the molecule is C=CCN(CCc1ccccc1)CCc1nc(-c2cccc(Cl)c2)no1. The lowest BCUT2D eigenvalue weighted by atomic mass is 10.1. The molecule has 4 nitrogen and oxygen atoms in total. The van der Waals surface area contributed by atoms with Crippen molar-refractivity contribution in [3.05, 3.63) is 83.7 Å². The number of benzene rings is 2. The van der Waals surface area contributed by atoms with Crippen LogP contribution in [0.1, 0.15) is 11.5 Å². The van der Waals surface area contributed by atoms with Crippen LogP contribution < -0.4 is 0 Å². The van der Waals surface area contributed by atoms with Crippen molar-refractivity contribution in [2.24, 2.45) is 0 Å². The summed E-state index contributed by atoms with van der Waals surface area (Å²) in [5, 5.41) is 4.72. The Morgan fingerprint density at radius 2 is 1.85 bits per heavy atom. The summed E-state index contributed by atoms with van der Waals surface area (Å²) in [5.41, 5.74) is 2.20. The zero-order valence-electron chi connectivity index (χ0n) is 14.6. The summed E-state index contributed by atoms with van der Waals surface area (Å²) >= 11 is 6.02. The third-order valence-electron chi connectivity index (χ3n) is 4.14. The molecule has 0 radical (unpaired) electrons. The van der Waals surface area contributed by atoms with Crippen LogP contribution in [0, 0.1) is 0 Å². The molecule has 0 aliphatic rings. The van der Waals surface area contributed by atoms with E-state index in [0.717, 1.165) is 31.6 Å². The fourth-order valence-electron chi connectivity index (χ4n) is 2.76. The Balaban J connectivity index is 1.56. The van der Waals surface area contributed by atoms with E-state index in [9.17, 15) is 0 Å². The van der Waals surface area contributed by atoms with Gasteiger partial charge in [-0.25, -0.2) is 0 Å². The first-order valence-corrected chi connectivity index (χ1v) is 9.08. The Labute approximate surface area is 159 Å².